The molecule has 0 fully saturated rings. The number of rotatable bonds is 7. The van der Waals surface area contributed by atoms with E-state index >= 15 is 0 Å². The van der Waals surface area contributed by atoms with Crippen LogP contribution in [0.25, 0.3) is 21.3 Å². The molecule has 0 saturated carbocycles. The van der Waals surface area contributed by atoms with Gasteiger partial charge in [-0.3, -0.25) is 9.59 Å². The zero-order valence-corrected chi connectivity index (χ0v) is 20.8. The number of carbonyl (C=O) groups is 2. The van der Waals surface area contributed by atoms with Gasteiger partial charge in [0.15, 0.2) is 10.1 Å². The molecule has 4 aromatic carbocycles. The van der Waals surface area contributed by atoms with Gasteiger partial charge in [0.25, 0.3) is 5.91 Å². The lowest BCUT2D eigenvalue weighted by molar-refractivity contribution is 0.101. The second kappa shape index (κ2) is 10.4. The number of Topliss-reactive ketones (excluding diaryl/α,β-unsaturated/α-hetero) is 1. The van der Waals surface area contributed by atoms with E-state index in [1.807, 2.05) is 72.8 Å². The van der Waals surface area contributed by atoms with Gasteiger partial charge in [0.1, 0.15) is 0 Å². The van der Waals surface area contributed by atoms with Crippen LogP contribution >= 0.6 is 34.7 Å². The number of thiazole rings is 1. The van der Waals surface area contributed by atoms with Gasteiger partial charge in [-0.2, -0.15) is 0 Å². The van der Waals surface area contributed by atoms with Crippen LogP contribution in [-0.2, 0) is 0 Å². The van der Waals surface area contributed by atoms with Crippen LogP contribution in [0, 0.1) is 0 Å². The van der Waals surface area contributed by atoms with E-state index in [0.29, 0.717) is 27.6 Å². The maximum Gasteiger partial charge on any atom is 0.257 e. The summed E-state index contributed by atoms with van der Waals surface area (Å²) in [6, 6.07) is 30.3. The number of carbonyl (C=O) groups excluding carboxylic acids is 2. The van der Waals surface area contributed by atoms with E-state index in [1.165, 1.54) is 23.1 Å². The molecule has 0 aliphatic carbocycles. The molecule has 0 unspecified atom stereocenters. The minimum Gasteiger partial charge on any atom is -0.322 e. The number of nitrogens with zero attached hydrogens (tertiary/aromatic N) is 1. The SMILES string of the molecule is O=C(CSc1nc2ccc(NC(=O)c3ccccc3Cl)cc2s1)c1ccc(-c2ccccc2)cc1. The summed E-state index contributed by atoms with van der Waals surface area (Å²) in [5.41, 5.74) is 4.80. The molecule has 0 bridgehead atoms. The summed E-state index contributed by atoms with van der Waals surface area (Å²) < 4.78 is 1.74. The van der Waals surface area contributed by atoms with Gasteiger partial charge < -0.3 is 5.32 Å². The normalized spacial score (nSPS) is 10.9. The Morgan fingerprint density at radius 3 is 2.34 bits per heavy atom. The predicted molar refractivity (Wildman–Crippen MR) is 146 cm³/mol. The number of hydrogen-bond donors (Lipinski definition) is 1. The summed E-state index contributed by atoms with van der Waals surface area (Å²) in [7, 11) is 0. The second-order valence-electron chi connectivity index (χ2n) is 7.75. The second-order valence-corrected chi connectivity index (χ2v) is 10.4. The molecule has 1 aromatic heterocycles. The molecule has 5 rings (SSSR count). The van der Waals surface area contributed by atoms with Crippen LogP contribution in [0.2, 0.25) is 5.02 Å². The summed E-state index contributed by atoms with van der Waals surface area (Å²) >= 11 is 9.04. The van der Waals surface area contributed by atoms with Crippen molar-refractivity contribution in [1.82, 2.24) is 4.98 Å². The Kier molecular flexibility index (Phi) is 6.95. The largest absolute Gasteiger partial charge is 0.322 e. The highest BCUT2D eigenvalue weighted by Gasteiger charge is 2.13. The molecule has 0 aliphatic heterocycles. The van der Waals surface area contributed by atoms with Crippen LogP contribution in [0.1, 0.15) is 20.7 Å². The Labute approximate surface area is 216 Å². The lowest BCUT2D eigenvalue weighted by Gasteiger charge is -2.06. The highest BCUT2D eigenvalue weighted by Crippen LogP contribution is 2.32. The number of fused-ring (bicyclic) bond motifs is 1. The molecule has 0 radical (unpaired) electrons. The minimum atomic E-state index is -0.266. The first kappa shape index (κ1) is 23.3. The molecule has 1 amide bonds. The van der Waals surface area contributed by atoms with Crippen molar-refractivity contribution >= 4 is 62.3 Å². The van der Waals surface area contributed by atoms with Gasteiger partial charge in [-0.05, 0) is 41.5 Å². The summed E-state index contributed by atoms with van der Waals surface area (Å²) in [6.07, 6.45) is 0. The molecule has 0 aliphatic rings. The van der Waals surface area contributed by atoms with Crippen LogP contribution < -0.4 is 5.32 Å². The van der Waals surface area contributed by atoms with Crippen molar-refractivity contribution in [2.24, 2.45) is 0 Å². The average Bonchev–Trinajstić information content (AvgIpc) is 3.30. The average molecular weight is 515 g/mol. The zero-order chi connectivity index (χ0) is 24.2. The highest BCUT2D eigenvalue weighted by atomic mass is 35.5. The van der Waals surface area contributed by atoms with E-state index in [4.69, 9.17) is 11.6 Å². The molecular weight excluding hydrogens is 496 g/mol. The Balaban J connectivity index is 1.23. The molecular formula is C28H19ClN2O2S2. The third-order valence-electron chi connectivity index (χ3n) is 5.39. The van der Waals surface area contributed by atoms with E-state index in [9.17, 15) is 9.59 Å². The lowest BCUT2D eigenvalue weighted by Crippen LogP contribution is -2.12. The number of ketones is 1. The summed E-state index contributed by atoms with van der Waals surface area (Å²) in [5.74, 6) is 0.0974. The number of nitrogens with one attached hydrogen (secondary N) is 1. The zero-order valence-electron chi connectivity index (χ0n) is 18.4. The summed E-state index contributed by atoms with van der Waals surface area (Å²) in [6.45, 7) is 0. The maximum atomic E-state index is 12.7. The number of thioether (sulfide) groups is 1. The van der Waals surface area contributed by atoms with E-state index in [0.717, 1.165) is 25.7 Å². The van der Waals surface area contributed by atoms with E-state index in [2.05, 4.69) is 10.3 Å². The van der Waals surface area contributed by atoms with Gasteiger partial charge in [0.05, 0.1) is 26.6 Å². The molecule has 0 atom stereocenters. The van der Waals surface area contributed by atoms with Crippen molar-refractivity contribution in [2.45, 2.75) is 4.34 Å². The van der Waals surface area contributed by atoms with Crippen LogP contribution in [0.15, 0.2) is 101 Å². The number of halogens is 1. The van der Waals surface area contributed by atoms with Crippen molar-refractivity contribution in [3.8, 4) is 11.1 Å². The number of benzene rings is 4. The molecule has 1 N–H and O–H groups in total. The van der Waals surface area contributed by atoms with Gasteiger partial charge in [0.2, 0.25) is 0 Å². The van der Waals surface area contributed by atoms with Crippen molar-refractivity contribution in [3.63, 3.8) is 0 Å². The molecule has 172 valence electrons. The fourth-order valence-electron chi connectivity index (χ4n) is 3.58. The third kappa shape index (κ3) is 5.46. The molecule has 35 heavy (non-hydrogen) atoms. The van der Waals surface area contributed by atoms with Crippen LogP contribution in [0.4, 0.5) is 5.69 Å². The Bertz CT molecular complexity index is 1520. The fraction of sp³-hybridized carbons (Fsp3) is 0.0357. The first-order chi connectivity index (χ1) is 17.1. The standard InChI is InChI=1S/C28H19ClN2O2S2/c29-23-9-5-4-8-22(23)27(33)30-21-14-15-24-26(16-21)35-28(31-24)34-17-25(32)20-12-10-19(11-13-20)18-6-2-1-3-7-18/h1-16H,17H2,(H,30,33). The molecule has 4 nitrogen and oxygen atoms in total. The first-order valence-electron chi connectivity index (χ1n) is 10.8. The topological polar surface area (TPSA) is 59.1 Å². The van der Waals surface area contributed by atoms with Gasteiger partial charge in [-0.15, -0.1) is 11.3 Å². The number of amides is 1. The summed E-state index contributed by atoms with van der Waals surface area (Å²) in [4.78, 5) is 29.9. The number of aromatic nitrogens is 1. The monoisotopic (exact) mass is 514 g/mol. The van der Waals surface area contributed by atoms with Gasteiger partial charge in [-0.1, -0.05) is 90.1 Å². The van der Waals surface area contributed by atoms with Crippen molar-refractivity contribution in [2.75, 3.05) is 11.1 Å². The Morgan fingerprint density at radius 2 is 1.57 bits per heavy atom. The lowest BCUT2D eigenvalue weighted by atomic mass is 10.0. The quantitative estimate of drug-likeness (QED) is 0.177. The molecule has 0 spiro atoms. The third-order valence-corrected chi connectivity index (χ3v) is 7.88. The fourth-order valence-corrected chi connectivity index (χ4v) is 5.80. The predicted octanol–water partition coefficient (Wildman–Crippen LogP) is 7.84. The van der Waals surface area contributed by atoms with E-state index in [-0.39, 0.29) is 11.7 Å². The van der Waals surface area contributed by atoms with E-state index in [1.54, 1.807) is 24.3 Å². The number of hydrogen-bond acceptors (Lipinski definition) is 5. The van der Waals surface area contributed by atoms with Gasteiger partial charge >= 0.3 is 0 Å². The molecule has 0 saturated heterocycles. The van der Waals surface area contributed by atoms with Gasteiger partial charge in [-0.25, -0.2) is 4.98 Å². The maximum absolute atomic E-state index is 12.7. The van der Waals surface area contributed by atoms with Crippen LogP contribution in [0.5, 0.6) is 0 Å². The van der Waals surface area contributed by atoms with Crippen LogP contribution in [-0.4, -0.2) is 22.4 Å². The van der Waals surface area contributed by atoms with Gasteiger partial charge in [0, 0.05) is 11.3 Å². The summed E-state index contributed by atoms with van der Waals surface area (Å²) in [5, 5.41) is 3.29. The van der Waals surface area contributed by atoms with Crippen molar-refractivity contribution < 1.29 is 9.59 Å². The Morgan fingerprint density at radius 1 is 0.857 bits per heavy atom. The van der Waals surface area contributed by atoms with Crippen molar-refractivity contribution in [3.05, 3.63) is 113 Å². The molecule has 7 heteroatoms. The first-order valence-corrected chi connectivity index (χ1v) is 13.0. The highest BCUT2D eigenvalue weighted by molar-refractivity contribution is 8.01. The number of anilines is 1. The van der Waals surface area contributed by atoms with E-state index < -0.39 is 0 Å². The molecule has 5 aromatic rings. The minimum absolute atomic E-state index is 0.0570. The Hall–Kier alpha value is -3.45. The smallest absolute Gasteiger partial charge is 0.257 e. The van der Waals surface area contributed by atoms with Crippen molar-refractivity contribution in [1.29, 1.82) is 0 Å². The molecule has 1 heterocycles. The van der Waals surface area contributed by atoms with Crippen LogP contribution in [0.3, 0.4) is 0 Å².